The van der Waals surface area contributed by atoms with E-state index in [1.54, 1.807) is 39.2 Å². The van der Waals surface area contributed by atoms with Crippen molar-refractivity contribution in [3.05, 3.63) is 30.4 Å². The highest BCUT2D eigenvalue weighted by Crippen LogP contribution is 2.34. The standard InChI is InChI=1S/C12H16N4O2/c1-8(2)12(17)18-10-7-5-6-9(13)11(10)14-15-16(3)4/h5-7H,1,13H2,2-4H3. The lowest BCUT2D eigenvalue weighted by atomic mass is 10.2. The van der Waals surface area contributed by atoms with Gasteiger partial charge in [0.15, 0.2) is 11.4 Å². The second kappa shape index (κ2) is 5.81. The Morgan fingerprint density at radius 3 is 2.67 bits per heavy atom. The van der Waals surface area contributed by atoms with Crippen molar-refractivity contribution in [1.82, 2.24) is 5.01 Å². The van der Waals surface area contributed by atoms with Gasteiger partial charge in [-0.25, -0.2) is 4.79 Å². The van der Waals surface area contributed by atoms with Crippen molar-refractivity contribution in [2.45, 2.75) is 6.92 Å². The zero-order valence-electron chi connectivity index (χ0n) is 10.7. The third kappa shape index (κ3) is 3.58. The number of carbonyl (C=O) groups excluding carboxylic acids is 1. The summed E-state index contributed by atoms with van der Waals surface area (Å²) in [5.74, 6) is -0.268. The van der Waals surface area contributed by atoms with Gasteiger partial charge < -0.3 is 10.5 Å². The van der Waals surface area contributed by atoms with E-state index in [0.717, 1.165) is 0 Å². The number of nitrogen functional groups attached to an aromatic ring is 1. The number of hydrogen-bond acceptors (Lipinski definition) is 5. The summed E-state index contributed by atoms with van der Waals surface area (Å²) in [7, 11) is 3.45. The number of ether oxygens (including phenoxy) is 1. The Bertz CT molecular complexity index is 495. The Morgan fingerprint density at radius 2 is 2.11 bits per heavy atom. The Kier molecular flexibility index (Phi) is 4.42. The number of nitrogens with two attached hydrogens (primary N) is 1. The predicted octanol–water partition coefficient (Wildman–Crippen LogP) is 2.31. The molecule has 0 aliphatic heterocycles. The fraction of sp³-hybridized carbons (Fsp3) is 0.250. The van der Waals surface area contributed by atoms with Gasteiger partial charge in [0.25, 0.3) is 0 Å². The minimum absolute atomic E-state index is 0.258. The van der Waals surface area contributed by atoms with Crippen LogP contribution in [0.15, 0.2) is 40.7 Å². The van der Waals surface area contributed by atoms with Crippen LogP contribution in [-0.4, -0.2) is 25.1 Å². The zero-order chi connectivity index (χ0) is 13.7. The molecule has 2 N–H and O–H groups in total. The zero-order valence-corrected chi connectivity index (χ0v) is 10.7. The van der Waals surface area contributed by atoms with Gasteiger partial charge in [0.2, 0.25) is 0 Å². The Labute approximate surface area is 106 Å². The maximum Gasteiger partial charge on any atom is 0.338 e. The molecule has 1 aromatic rings. The first-order valence-corrected chi connectivity index (χ1v) is 5.27. The quantitative estimate of drug-likeness (QED) is 0.221. The number of anilines is 1. The normalized spacial score (nSPS) is 10.4. The average molecular weight is 248 g/mol. The molecule has 6 nitrogen and oxygen atoms in total. The first-order chi connectivity index (χ1) is 8.41. The molecule has 0 aliphatic rings. The molecule has 0 heterocycles. The molecule has 0 aliphatic carbocycles. The Balaban J connectivity index is 3.08. The van der Waals surface area contributed by atoms with Crippen molar-refractivity contribution in [3.63, 3.8) is 0 Å². The summed E-state index contributed by atoms with van der Waals surface area (Å²) >= 11 is 0. The molecule has 6 heteroatoms. The summed E-state index contributed by atoms with van der Waals surface area (Å²) < 4.78 is 5.13. The van der Waals surface area contributed by atoms with Crippen LogP contribution in [0.3, 0.4) is 0 Å². The van der Waals surface area contributed by atoms with Gasteiger partial charge in [0.05, 0.1) is 5.69 Å². The highest BCUT2D eigenvalue weighted by atomic mass is 16.5. The largest absolute Gasteiger partial charge is 0.421 e. The highest BCUT2D eigenvalue weighted by molar-refractivity contribution is 5.90. The topological polar surface area (TPSA) is 80.3 Å². The predicted molar refractivity (Wildman–Crippen MR) is 69.5 cm³/mol. The molecule has 0 saturated heterocycles. The lowest BCUT2D eigenvalue weighted by molar-refractivity contribution is -0.130. The Hall–Kier alpha value is -2.37. The molecule has 0 atom stereocenters. The number of hydrogen-bond donors (Lipinski definition) is 1. The molecular weight excluding hydrogens is 232 g/mol. The number of carbonyl (C=O) groups is 1. The van der Waals surface area contributed by atoms with Crippen molar-refractivity contribution < 1.29 is 9.53 Å². The van der Waals surface area contributed by atoms with Crippen LogP contribution in [0.25, 0.3) is 0 Å². The van der Waals surface area contributed by atoms with Gasteiger partial charge in [-0.3, -0.25) is 5.01 Å². The molecule has 0 fully saturated rings. The lowest BCUT2D eigenvalue weighted by Gasteiger charge is -2.09. The van der Waals surface area contributed by atoms with Gasteiger partial charge >= 0.3 is 5.97 Å². The van der Waals surface area contributed by atoms with Gasteiger partial charge in [-0.15, -0.1) is 5.11 Å². The molecular formula is C12H16N4O2. The van der Waals surface area contributed by atoms with E-state index in [-0.39, 0.29) is 5.75 Å². The van der Waals surface area contributed by atoms with Crippen LogP contribution in [0.5, 0.6) is 5.75 Å². The van der Waals surface area contributed by atoms with Gasteiger partial charge in [-0.1, -0.05) is 17.9 Å². The number of rotatable bonds is 4. The van der Waals surface area contributed by atoms with Crippen LogP contribution in [0.2, 0.25) is 0 Å². The minimum Gasteiger partial charge on any atom is -0.421 e. The van der Waals surface area contributed by atoms with Crippen molar-refractivity contribution in [2.24, 2.45) is 10.3 Å². The van der Waals surface area contributed by atoms with E-state index in [1.807, 2.05) is 0 Å². The molecule has 0 spiro atoms. The summed E-state index contributed by atoms with van der Waals surface area (Å²) in [6.07, 6.45) is 0. The van der Waals surface area contributed by atoms with Gasteiger partial charge in [0, 0.05) is 19.7 Å². The fourth-order valence-corrected chi connectivity index (χ4v) is 1.05. The van der Waals surface area contributed by atoms with E-state index < -0.39 is 5.97 Å². The SMILES string of the molecule is C=C(C)C(=O)Oc1cccc(N)c1N=NN(C)C. The molecule has 0 saturated carbocycles. The van der Waals surface area contributed by atoms with Crippen molar-refractivity contribution in [3.8, 4) is 5.75 Å². The van der Waals surface area contributed by atoms with E-state index in [4.69, 9.17) is 10.5 Å². The summed E-state index contributed by atoms with van der Waals surface area (Å²) in [5.41, 5.74) is 6.77. The molecule has 96 valence electrons. The monoisotopic (exact) mass is 248 g/mol. The van der Waals surface area contributed by atoms with Crippen LogP contribution in [-0.2, 0) is 4.79 Å². The summed E-state index contributed by atoms with van der Waals surface area (Å²) in [6.45, 7) is 5.07. The molecule has 1 rings (SSSR count). The first-order valence-electron chi connectivity index (χ1n) is 5.27. The van der Waals surface area contributed by atoms with Gasteiger partial charge in [-0.05, 0) is 19.1 Å². The molecule has 0 unspecified atom stereocenters. The van der Waals surface area contributed by atoms with Crippen molar-refractivity contribution in [2.75, 3.05) is 19.8 Å². The van der Waals surface area contributed by atoms with Crippen molar-refractivity contribution in [1.29, 1.82) is 0 Å². The number of nitrogens with zero attached hydrogens (tertiary/aromatic N) is 3. The van der Waals surface area contributed by atoms with Crippen LogP contribution in [0.4, 0.5) is 11.4 Å². The lowest BCUT2D eigenvalue weighted by Crippen LogP contribution is -2.08. The van der Waals surface area contributed by atoms with E-state index in [2.05, 4.69) is 16.9 Å². The molecule has 0 radical (unpaired) electrons. The van der Waals surface area contributed by atoms with Gasteiger partial charge in [-0.2, -0.15) is 0 Å². The second-order valence-corrected chi connectivity index (χ2v) is 3.90. The fourth-order valence-electron chi connectivity index (χ4n) is 1.05. The second-order valence-electron chi connectivity index (χ2n) is 3.90. The first kappa shape index (κ1) is 13.7. The third-order valence-corrected chi connectivity index (χ3v) is 1.90. The summed E-state index contributed by atoms with van der Waals surface area (Å²) in [5, 5.41) is 9.28. The van der Waals surface area contributed by atoms with Crippen LogP contribution in [0.1, 0.15) is 6.92 Å². The Morgan fingerprint density at radius 1 is 1.44 bits per heavy atom. The average Bonchev–Trinajstić information content (AvgIpc) is 2.27. The summed E-state index contributed by atoms with van der Waals surface area (Å²) in [4.78, 5) is 11.5. The molecule has 18 heavy (non-hydrogen) atoms. The minimum atomic E-state index is -0.526. The maximum atomic E-state index is 11.5. The molecule has 0 aromatic heterocycles. The number of benzene rings is 1. The van der Waals surface area contributed by atoms with E-state index in [9.17, 15) is 4.79 Å². The van der Waals surface area contributed by atoms with E-state index >= 15 is 0 Å². The van der Waals surface area contributed by atoms with Gasteiger partial charge in [0.1, 0.15) is 0 Å². The van der Waals surface area contributed by atoms with Crippen molar-refractivity contribution >= 4 is 17.3 Å². The molecule has 0 bridgehead atoms. The molecule has 1 aromatic carbocycles. The maximum absolute atomic E-state index is 11.5. The third-order valence-electron chi connectivity index (χ3n) is 1.90. The summed E-state index contributed by atoms with van der Waals surface area (Å²) in [6, 6.07) is 4.92. The van der Waals surface area contributed by atoms with Crippen LogP contribution < -0.4 is 10.5 Å². The highest BCUT2D eigenvalue weighted by Gasteiger charge is 2.12. The van der Waals surface area contributed by atoms with E-state index in [0.29, 0.717) is 16.9 Å². The smallest absolute Gasteiger partial charge is 0.338 e. The van der Waals surface area contributed by atoms with E-state index in [1.165, 1.54) is 5.01 Å². The van der Waals surface area contributed by atoms with Crippen LogP contribution in [0, 0.1) is 0 Å². The number of esters is 1. The van der Waals surface area contributed by atoms with Crippen LogP contribution >= 0.6 is 0 Å². The molecule has 0 amide bonds.